The molecule has 1 aromatic carbocycles. The number of amides is 1. The second-order valence-electron chi connectivity index (χ2n) is 6.47. The van der Waals surface area contributed by atoms with Gasteiger partial charge in [0.2, 0.25) is 5.91 Å². The molecule has 4 nitrogen and oxygen atoms in total. The average Bonchev–Trinajstić information content (AvgIpc) is 2.57. The predicted molar refractivity (Wildman–Crippen MR) is 91.0 cm³/mol. The van der Waals surface area contributed by atoms with Crippen LogP contribution in [-0.4, -0.2) is 42.6 Å². The Bertz CT molecular complexity index is 529. The van der Waals surface area contributed by atoms with Gasteiger partial charge in [0.15, 0.2) is 0 Å². The Morgan fingerprint density at radius 2 is 2.13 bits per heavy atom. The number of carbonyl (C=O) groups excluding carboxylic acids is 1. The molecule has 0 unspecified atom stereocenters. The monoisotopic (exact) mass is 314 g/mol. The van der Waals surface area contributed by atoms with Crippen LogP contribution in [0.5, 0.6) is 0 Å². The predicted octanol–water partition coefficient (Wildman–Crippen LogP) is 2.50. The Kier molecular flexibility index (Phi) is 5.83. The summed E-state index contributed by atoms with van der Waals surface area (Å²) in [7, 11) is 0. The molecule has 1 aliphatic heterocycles. The highest BCUT2D eigenvalue weighted by Gasteiger charge is 2.24. The van der Waals surface area contributed by atoms with Crippen molar-refractivity contribution in [1.29, 1.82) is 0 Å². The Balaban J connectivity index is 1.44. The smallest absolute Gasteiger partial charge is 0.222 e. The molecule has 1 N–H and O–H groups in total. The lowest BCUT2D eigenvalue weighted by Crippen LogP contribution is -2.45. The number of hydrogen-bond donors (Lipinski definition) is 1. The minimum atomic E-state index is 0.00611. The van der Waals surface area contributed by atoms with Gasteiger partial charge in [0.05, 0.1) is 19.1 Å². The fourth-order valence-electron chi connectivity index (χ4n) is 3.31. The highest BCUT2D eigenvalue weighted by atomic mass is 16.5. The molecule has 0 aromatic heterocycles. The maximum absolute atomic E-state index is 12.2. The van der Waals surface area contributed by atoms with Crippen LogP contribution in [0.2, 0.25) is 0 Å². The topological polar surface area (TPSA) is 41.6 Å². The first kappa shape index (κ1) is 16.2. The summed E-state index contributed by atoms with van der Waals surface area (Å²) in [6, 6.07) is 10.8. The van der Waals surface area contributed by atoms with E-state index in [4.69, 9.17) is 4.74 Å². The van der Waals surface area contributed by atoms with Crippen molar-refractivity contribution in [2.75, 3.05) is 19.7 Å². The van der Waals surface area contributed by atoms with Gasteiger partial charge in [0.25, 0.3) is 0 Å². The maximum Gasteiger partial charge on any atom is 0.222 e. The standard InChI is InChI=1S/C19H26N2O2/c22-19(20-17-9-5-2-6-10-17)13-18-15-21(11-12-23-18)14-16-7-3-1-4-8-16/h1-5,7-8,17-18H,6,9-15H2,(H,20,22)/t17-,18+/m0/s1. The number of nitrogens with one attached hydrogen (secondary N) is 1. The summed E-state index contributed by atoms with van der Waals surface area (Å²) >= 11 is 0. The first-order chi connectivity index (χ1) is 11.3. The number of nitrogens with zero attached hydrogens (tertiary/aromatic N) is 1. The molecule has 0 spiro atoms. The summed E-state index contributed by atoms with van der Waals surface area (Å²) in [5.74, 6) is 0.122. The van der Waals surface area contributed by atoms with E-state index in [1.54, 1.807) is 0 Å². The molecule has 1 aliphatic carbocycles. The van der Waals surface area contributed by atoms with Gasteiger partial charge in [-0.05, 0) is 24.8 Å². The summed E-state index contributed by atoms with van der Waals surface area (Å²) in [6.45, 7) is 3.39. The van der Waals surface area contributed by atoms with Crippen molar-refractivity contribution >= 4 is 5.91 Å². The number of ether oxygens (including phenoxy) is 1. The molecule has 0 radical (unpaired) electrons. The van der Waals surface area contributed by atoms with Gasteiger partial charge in [-0.3, -0.25) is 9.69 Å². The largest absolute Gasteiger partial charge is 0.375 e. The van der Waals surface area contributed by atoms with E-state index in [1.165, 1.54) is 5.56 Å². The van der Waals surface area contributed by atoms with Crippen molar-refractivity contribution in [3.63, 3.8) is 0 Å². The lowest BCUT2D eigenvalue weighted by molar-refractivity contribution is -0.126. The average molecular weight is 314 g/mol. The van der Waals surface area contributed by atoms with Crippen molar-refractivity contribution in [2.24, 2.45) is 0 Å². The van der Waals surface area contributed by atoms with Crippen molar-refractivity contribution in [3.8, 4) is 0 Å². The molecule has 0 saturated carbocycles. The number of morpholine rings is 1. The first-order valence-corrected chi connectivity index (χ1v) is 8.62. The fourth-order valence-corrected chi connectivity index (χ4v) is 3.31. The highest BCUT2D eigenvalue weighted by molar-refractivity contribution is 5.76. The van der Waals surface area contributed by atoms with Crippen molar-refractivity contribution in [1.82, 2.24) is 10.2 Å². The number of allylic oxidation sites excluding steroid dienone is 1. The third-order valence-corrected chi connectivity index (χ3v) is 4.52. The Morgan fingerprint density at radius 3 is 2.91 bits per heavy atom. The van der Waals surface area contributed by atoms with Crippen molar-refractivity contribution < 1.29 is 9.53 Å². The zero-order chi connectivity index (χ0) is 15.9. The zero-order valence-electron chi connectivity index (χ0n) is 13.6. The second-order valence-corrected chi connectivity index (χ2v) is 6.47. The van der Waals surface area contributed by atoms with E-state index in [0.29, 0.717) is 19.1 Å². The van der Waals surface area contributed by atoms with E-state index in [9.17, 15) is 4.79 Å². The highest BCUT2D eigenvalue weighted by Crippen LogP contribution is 2.14. The Hall–Kier alpha value is -1.65. The summed E-state index contributed by atoms with van der Waals surface area (Å²) < 4.78 is 5.79. The fraction of sp³-hybridized carbons (Fsp3) is 0.526. The Labute approximate surface area is 138 Å². The summed E-state index contributed by atoms with van der Waals surface area (Å²) in [6.07, 6.45) is 7.89. The normalized spacial score (nSPS) is 25.2. The van der Waals surface area contributed by atoms with Gasteiger partial charge in [-0.25, -0.2) is 0 Å². The molecule has 1 saturated heterocycles. The lowest BCUT2D eigenvalue weighted by atomic mass is 10.0. The molecule has 1 amide bonds. The molecular formula is C19H26N2O2. The van der Waals surface area contributed by atoms with Gasteiger partial charge < -0.3 is 10.1 Å². The van der Waals surface area contributed by atoms with E-state index < -0.39 is 0 Å². The maximum atomic E-state index is 12.2. The molecule has 2 aliphatic rings. The number of benzene rings is 1. The number of rotatable bonds is 5. The second kappa shape index (κ2) is 8.27. The quantitative estimate of drug-likeness (QED) is 0.849. The van der Waals surface area contributed by atoms with Crippen LogP contribution in [0.25, 0.3) is 0 Å². The van der Waals surface area contributed by atoms with Gasteiger partial charge >= 0.3 is 0 Å². The molecule has 124 valence electrons. The van der Waals surface area contributed by atoms with Crippen LogP contribution >= 0.6 is 0 Å². The molecule has 1 heterocycles. The third-order valence-electron chi connectivity index (χ3n) is 4.52. The van der Waals surface area contributed by atoms with Crippen LogP contribution in [0.4, 0.5) is 0 Å². The summed E-state index contributed by atoms with van der Waals surface area (Å²) in [5, 5.41) is 3.14. The zero-order valence-corrected chi connectivity index (χ0v) is 13.6. The molecule has 0 bridgehead atoms. The summed E-state index contributed by atoms with van der Waals surface area (Å²) in [5.41, 5.74) is 1.31. The van der Waals surface area contributed by atoms with Crippen LogP contribution in [0.3, 0.4) is 0 Å². The van der Waals surface area contributed by atoms with E-state index in [0.717, 1.165) is 38.9 Å². The van der Waals surface area contributed by atoms with Gasteiger partial charge in [0.1, 0.15) is 0 Å². The van der Waals surface area contributed by atoms with Crippen LogP contribution in [0.1, 0.15) is 31.2 Å². The van der Waals surface area contributed by atoms with E-state index >= 15 is 0 Å². The van der Waals surface area contributed by atoms with E-state index in [2.05, 4.69) is 46.6 Å². The van der Waals surface area contributed by atoms with E-state index in [1.807, 2.05) is 6.07 Å². The van der Waals surface area contributed by atoms with Gasteiger partial charge in [-0.2, -0.15) is 0 Å². The van der Waals surface area contributed by atoms with Crippen LogP contribution in [-0.2, 0) is 16.1 Å². The first-order valence-electron chi connectivity index (χ1n) is 8.62. The summed E-state index contributed by atoms with van der Waals surface area (Å²) in [4.78, 5) is 14.6. The molecule has 2 atom stereocenters. The molecule has 4 heteroatoms. The van der Waals surface area contributed by atoms with Crippen molar-refractivity contribution in [3.05, 3.63) is 48.0 Å². The van der Waals surface area contributed by atoms with Crippen LogP contribution in [0.15, 0.2) is 42.5 Å². The van der Waals surface area contributed by atoms with Gasteiger partial charge in [0, 0.05) is 25.7 Å². The van der Waals surface area contributed by atoms with Crippen LogP contribution < -0.4 is 5.32 Å². The minimum absolute atomic E-state index is 0.00611. The Morgan fingerprint density at radius 1 is 1.26 bits per heavy atom. The van der Waals surface area contributed by atoms with Crippen molar-refractivity contribution in [2.45, 2.75) is 44.4 Å². The van der Waals surface area contributed by atoms with E-state index in [-0.39, 0.29) is 12.0 Å². The molecule has 23 heavy (non-hydrogen) atoms. The minimum Gasteiger partial charge on any atom is -0.375 e. The third kappa shape index (κ3) is 5.19. The van der Waals surface area contributed by atoms with Gasteiger partial charge in [-0.1, -0.05) is 42.5 Å². The molecule has 3 rings (SSSR count). The lowest BCUT2D eigenvalue weighted by Gasteiger charge is -2.33. The van der Waals surface area contributed by atoms with Gasteiger partial charge in [-0.15, -0.1) is 0 Å². The number of carbonyl (C=O) groups is 1. The number of hydrogen-bond acceptors (Lipinski definition) is 3. The van der Waals surface area contributed by atoms with Crippen LogP contribution in [0, 0.1) is 0 Å². The molecule has 1 fully saturated rings. The molecule has 1 aromatic rings. The SMILES string of the molecule is O=C(C[C@@H]1CN(Cc2ccccc2)CCO1)N[C@H]1CC=CCC1. The molecular weight excluding hydrogens is 288 g/mol.